The van der Waals surface area contributed by atoms with Crippen LogP contribution >= 0.6 is 0 Å². The van der Waals surface area contributed by atoms with Crippen LogP contribution in [0.2, 0.25) is 0 Å². The van der Waals surface area contributed by atoms with Gasteiger partial charge in [-0.3, -0.25) is 4.79 Å². The highest BCUT2D eigenvalue weighted by molar-refractivity contribution is 5.94. The predicted molar refractivity (Wildman–Crippen MR) is 88.4 cm³/mol. The van der Waals surface area contributed by atoms with Gasteiger partial charge in [-0.25, -0.2) is 0 Å². The summed E-state index contributed by atoms with van der Waals surface area (Å²) in [6.07, 6.45) is 2.22. The number of amides is 1. The second-order valence-corrected chi connectivity index (χ2v) is 5.45. The van der Waals surface area contributed by atoms with Crippen molar-refractivity contribution in [3.8, 4) is 11.8 Å². The molecule has 1 amide bonds. The molecular formula is C19H18N2O. The van der Waals surface area contributed by atoms with Crippen molar-refractivity contribution >= 4 is 11.6 Å². The zero-order chi connectivity index (χ0) is 15.4. The summed E-state index contributed by atoms with van der Waals surface area (Å²) in [6, 6.07) is 15.0. The SMILES string of the molecule is Nc1ccc(C#Cc2ccc(C(=O)N3CCCC3)cc2)cc1. The molecule has 1 aliphatic heterocycles. The molecular weight excluding hydrogens is 272 g/mol. The normalized spacial score (nSPS) is 13.5. The number of likely N-dealkylation sites (tertiary alicyclic amines) is 1. The third-order valence-electron chi connectivity index (χ3n) is 3.79. The van der Waals surface area contributed by atoms with Crippen molar-refractivity contribution in [2.24, 2.45) is 0 Å². The van der Waals surface area contributed by atoms with E-state index in [1.807, 2.05) is 53.4 Å². The van der Waals surface area contributed by atoms with E-state index in [1.54, 1.807) is 0 Å². The topological polar surface area (TPSA) is 46.3 Å². The van der Waals surface area contributed by atoms with Crippen molar-refractivity contribution in [1.29, 1.82) is 0 Å². The summed E-state index contributed by atoms with van der Waals surface area (Å²) in [5.74, 6) is 6.31. The molecule has 0 spiro atoms. The lowest BCUT2D eigenvalue weighted by Crippen LogP contribution is -2.27. The monoisotopic (exact) mass is 290 g/mol. The van der Waals surface area contributed by atoms with Gasteiger partial charge in [0.25, 0.3) is 5.91 Å². The standard InChI is InChI=1S/C19H18N2O/c20-18-11-7-16(8-12-18)4-3-15-5-9-17(10-6-15)19(22)21-13-1-2-14-21/h5-12H,1-2,13-14,20H2. The van der Waals surface area contributed by atoms with Crippen molar-refractivity contribution in [1.82, 2.24) is 4.90 Å². The van der Waals surface area contributed by atoms with Crippen molar-refractivity contribution in [3.05, 3.63) is 65.2 Å². The molecule has 1 saturated heterocycles. The smallest absolute Gasteiger partial charge is 0.253 e. The van der Waals surface area contributed by atoms with Crippen LogP contribution in [0.4, 0.5) is 5.69 Å². The average Bonchev–Trinajstić information content (AvgIpc) is 3.09. The summed E-state index contributed by atoms with van der Waals surface area (Å²) in [6.45, 7) is 1.75. The maximum absolute atomic E-state index is 12.2. The molecule has 22 heavy (non-hydrogen) atoms. The fraction of sp³-hybridized carbons (Fsp3) is 0.211. The Hall–Kier alpha value is -2.73. The molecule has 0 aromatic heterocycles. The predicted octanol–water partition coefficient (Wildman–Crippen LogP) is 2.90. The molecule has 0 radical (unpaired) electrons. The first-order valence-electron chi connectivity index (χ1n) is 7.49. The fourth-order valence-corrected chi connectivity index (χ4v) is 2.51. The van der Waals surface area contributed by atoms with Crippen LogP contribution in [0.3, 0.4) is 0 Å². The summed E-state index contributed by atoms with van der Waals surface area (Å²) >= 11 is 0. The van der Waals surface area contributed by atoms with Gasteiger partial charge in [0.05, 0.1) is 0 Å². The molecule has 3 nitrogen and oxygen atoms in total. The molecule has 3 heteroatoms. The molecule has 0 bridgehead atoms. The molecule has 3 rings (SSSR count). The Balaban J connectivity index is 1.71. The summed E-state index contributed by atoms with van der Waals surface area (Å²) in [5.41, 5.74) is 8.93. The molecule has 0 saturated carbocycles. The van der Waals surface area contributed by atoms with E-state index >= 15 is 0 Å². The van der Waals surface area contributed by atoms with Crippen LogP contribution in [-0.4, -0.2) is 23.9 Å². The summed E-state index contributed by atoms with van der Waals surface area (Å²) in [7, 11) is 0. The van der Waals surface area contributed by atoms with Crippen molar-refractivity contribution in [2.45, 2.75) is 12.8 Å². The molecule has 0 aliphatic carbocycles. The second-order valence-electron chi connectivity index (χ2n) is 5.45. The Kier molecular flexibility index (Phi) is 4.11. The molecule has 1 heterocycles. The van der Waals surface area contributed by atoms with Gasteiger partial charge < -0.3 is 10.6 Å². The van der Waals surface area contributed by atoms with Gasteiger partial charge in [0.2, 0.25) is 0 Å². The lowest BCUT2D eigenvalue weighted by molar-refractivity contribution is 0.0793. The van der Waals surface area contributed by atoms with Crippen LogP contribution in [0, 0.1) is 11.8 Å². The largest absolute Gasteiger partial charge is 0.399 e. The number of rotatable bonds is 1. The number of hydrogen-bond donors (Lipinski definition) is 1. The molecule has 2 aromatic carbocycles. The number of nitrogens with two attached hydrogens (primary N) is 1. The van der Waals surface area contributed by atoms with Crippen LogP contribution in [-0.2, 0) is 0 Å². The number of benzene rings is 2. The van der Waals surface area contributed by atoms with E-state index < -0.39 is 0 Å². The minimum absolute atomic E-state index is 0.121. The molecule has 2 N–H and O–H groups in total. The lowest BCUT2D eigenvalue weighted by atomic mass is 10.1. The molecule has 110 valence electrons. The van der Waals surface area contributed by atoms with E-state index in [0.717, 1.165) is 48.3 Å². The van der Waals surface area contributed by atoms with Gasteiger partial charge in [0.1, 0.15) is 0 Å². The summed E-state index contributed by atoms with van der Waals surface area (Å²) in [4.78, 5) is 14.2. The van der Waals surface area contributed by atoms with Crippen molar-refractivity contribution in [2.75, 3.05) is 18.8 Å². The average molecular weight is 290 g/mol. The van der Waals surface area contributed by atoms with Crippen LogP contribution in [0.15, 0.2) is 48.5 Å². The zero-order valence-corrected chi connectivity index (χ0v) is 12.4. The third kappa shape index (κ3) is 3.29. The Morgan fingerprint density at radius 1 is 0.864 bits per heavy atom. The number of nitrogen functional groups attached to an aromatic ring is 1. The van der Waals surface area contributed by atoms with E-state index in [2.05, 4.69) is 11.8 Å². The fourth-order valence-electron chi connectivity index (χ4n) is 2.51. The van der Waals surface area contributed by atoms with E-state index in [0.29, 0.717) is 0 Å². The van der Waals surface area contributed by atoms with Gasteiger partial charge >= 0.3 is 0 Å². The molecule has 2 aromatic rings. The van der Waals surface area contributed by atoms with Gasteiger partial charge in [-0.2, -0.15) is 0 Å². The highest BCUT2D eigenvalue weighted by atomic mass is 16.2. The quantitative estimate of drug-likeness (QED) is 0.648. The minimum atomic E-state index is 0.121. The zero-order valence-electron chi connectivity index (χ0n) is 12.4. The molecule has 1 fully saturated rings. The van der Waals surface area contributed by atoms with Gasteiger partial charge in [-0.15, -0.1) is 0 Å². The molecule has 1 aliphatic rings. The Morgan fingerprint density at radius 2 is 1.36 bits per heavy atom. The van der Waals surface area contributed by atoms with Crippen LogP contribution < -0.4 is 5.73 Å². The number of anilines is 1. The summed E-state index contributed by atoms with van der Waals surface area (Å²) < 4.78 is 0. The van der Waals surface area contributed by atoms with E-state index in [4.69, 9.17) is 5.73 Å². The maximum Gasteiger partial charge on any atom is 0.253 e. The number of nitrogens with zero attached hydrogens (tertiary/aromatic N) is 1. The Morgan fingerprint density at radius 3 is 1.91 bits per heavy atom. The van der Waals surface area contributed by atoms with Crippen molar-refractivity contribution in [3.63, 3.8) is 0 Å². The van der Waals surface area contributed by atoms with Crippen LogP contribution in [0.5, 0.6) is 0 Å². The van der Waals surface area contributed by atoms with E-state index in [1.165, 1.54) is 0 Å². The highest BCUT2D eigenvalue weighted by Gasteiger charge is 2.18. The summed E-state index contributed by atoms with van der Waals surface area (Å²) in [5, 5.41) is 0. The van der Waals surface area contributed by atoms with Gasteiger partial charge in [-0.05, 0) is 61.4 Å². The number of hydrogen-bond acceptors (Lipinski definition) is 2. The second kappa shape index (κ2) is 6.36. The third-order valence-corrected chi connectivity index (χ3v) is 3.79. The van der Waals surface area contributed by atoms with E-state index in [-0.39, 0.29) is 5.91 Å². The van der Waals surface area contributed by atoms with Crippen LogP contribution in [0.1, 0.15) is 34.3 Å². The Bertz CT molecular complexity index is 715. The Labute approximate surface area is 130 Å². The van der Waals surface area contributed by atoms with Gasteiger partial charge in [-0.1, -0.05) is 11.8 Å². The number of carbonyl (C=O) groups excluding carboxylic acids is 1. The van der Waals surface area contributed by atoms with Crippen molar-refractivity contribution < 1.29 is 4.79 Å². The van der Waals surface area contributed by atoms with Gasteiger partial charge in [0.15, 0.2) is 0 Å². The minimum Gasteiger partial charge on any atom is -0.399 e. The lowest BCUT2D eigenvalue weighted by Gasteiger charge is -2.14. The number of carbonyl (C=O) groups is 1. The molecule has 0 unspecified atom stereocenters. The van der Waals surface area contributed by atoms with Gasteiger partial charge in [0, 0.05) is 35.5 Å². The highest BCUT2D eigenvalue weighted by Crippen LogP contribution is 2.13. The maximum atomic E-state index is 12.2. The van der Waals surface area contributed by atoms with E-state index in [9.17, 15) is 4.79 Å². The first-order valence-corrected chi connectivity index (χ1v) is 7.49. The first kappa shape index (κ1) is 14.2. The first-order chi connectivity index (χ1) is 10.7. The molecule has 0 atom stereocenters. The van der Waals surface area contributed by atoms with Crippen LogP contribution in [0.25, 0.3) is 0 Å².